The number of carbonyl (C=O) groups excluding carboxylic acids is 3. The maximum atomic E-state index is 14.2. The monoisotopic (exact) mass is 733 g/mol. The fourth-order valence-electron chi connectivity index (χ4n) is 6.14. The van der Waals surface area contributed by atoms with Gasteiger partial charge in [-0.1, -0.05) is 44.2 Å². The first-order valence-corrected chi connectivity index (χ1v) is 18.5. The van der Waals surface area contributed by atoms with Crippen LogP contribution in [0.25, 0.3) is 0 Å². The molecule has 2 heterocycles. The Balaban J connectivity index is 1.49. The van der Waals surface area contributed by atoms with E-state index in [1.165, 1.54) is 30.6 Å². The normalized spacial score (nSPS) is 19.8. The molecule has 282 valence electrons. The van der Waals surface area contributed by atoms with Crippen LogP contribution in [0.1, 0.15) is 38.7 Å². The molecule has 0 unspecified atom stereocenters. The van der Waals surface area contributed by atoms with Crippen LogP contribution in [0.5, 0.6) is 5.75 Å². The van der Waals surface area contributed by atoms with Gasteiger partial charge < -0.3 is 45.3 Å². The van der Waals surface area contributed by atoms with Crippen LogP contribution in [0, 0.1) is 11.3 Å². The molecule has 2 saturated heterocycles. The van der Waals surface area contributed by atoms with Gasteiger partial charge in [-0.15, -0.1) is 0 Å². The number of aliphatic hydroxyl groups is 1. The van der Waals surface area contributed by atoms with E-state index in [1.54, 1.807) is 12.1 Å². The number of ether oxygens (including phenoxy) is 4. The van der Waals surface area contributed by atoms with Crippen LogP contribution in [-0.4, -0.2) is 114 Å². The average molecular weight is 734 g/mol. The molecule has 2 fully saturated rings. The number of hydrogen-bond acceptors (Lipinski definition) is 10. The topological polar surface area (TPSA) is 194 Å². The summed E-state index contributed by atoms with van der Waals surface area (Å²) in [5.74, 6) is 0.0831. The third-order valence-electron chi connectivity index (χ3n) is 9.01. The Hall–Kier alpha value is -3.96. The molecule has 5 atom stereocenters. The maximum absolute atomic E-state index is 14.2. The second-order valence-corrected chi connectivity index (χ2v) is 15.4. The van der Waals surface area contributed by atoms with E-state index < -0.39 is 52.1 Å². The number of alkyl carbamates (subject to hydrolysis) is 1. The molecular weight excluding hydrogens is 682 g/mol. The van der Waals surface area contributed by atoms with Gasteiger partial charge in [0.25, 0.3) is 0 Å². The number of urea groups is 1. The highest BCUT2D eigenvalue weighted by molar-refractivity contribution is 7.89. The van der Waals surface area contributed by atoms with Crippen LogP contribution in [-0.2, 0) is 35.4 Å². The average Bonchev–Trinajstić information content (AvgIpc) is 3.74. The van der Waals surface area contributed by atoms with E-state index in [9.17, 15) is 27.9 Å². The molecule has 2 aromatic carbocycles. The second kappa shape index (κ2) is 18.5. The number of aliphatic hydroxyl groups excluding tert-OH is 1. The van der Waals surface area contributed by atoms with Crippen molar-refractivity contribution in [3.05, 3.63) is 60.2 Å². The summed E-state index contributed by atoms with van der Waals surface area (Å²) in [6, 6.07) is 13.9. The molecular formula is C35H51N5O10S. The summed E-state index contributed by atoms with van der Waals surface area (Å²) in [5, 5.41) is 22.1. The largest absolute Gasteiger partial charge is 0.497 e. The van der Waals surface area contributed by atoms with Gasteiger partial charge in [0, 0.05) is 26.7 Å². The highest BCUT2D eigenvalue weighted by Gasteiger charge is 2.44. The van der Waals surface area contributed by atoms with Crippen LogP contribution >= 0.6 is 0 Å². The number of sulfonamides is 1. The van der Waals surface area contributed by atoms with Gasteiger partial charge in [0.05, 0.1) is 49.8 Å². The van der Waals surface area contributed by atoms with Gasteiger partial charge in [-0.2, -0.15) is 4.31 Å². The minimum absolute atomic E-state index is 0.0160. The summed E-state index contributed by atoms with van der Waals surface area (Å²) >= 11 is 0. The first kappa shape index (κ1) is 39.8. The number of rotatable bonds is 18. The molecule has 0 radical (unpaired) electrons. The lowest BCUT2D eigenvalue weighted by atomic mass is 9.87. The Bertz CT molecular complexity index is 1540. The summed E-state index contributed by atoms with van der Waals surface area (Å²) in [6.45, 7) is 4.36. The maximum Gasteiger partial charge on any atom is 0.407 e. The van der Waals surface area contributed by atoms with Crippen LogP contribution in [0.2, 0.25) is 0 Å². The molecule has 5 N–H and O–H groups in total. The van der Waals surface area contributed by atoms with Crippen molar-refractivity contribution in [3.8, 4) is 5.75 Å². The Labute approximate surface area is 299 Å². The number of carbonyl (C=O) groups is 3. The van der Waals surface area contributed by atoms with Gasteiger partial charge >= 0.3 is 12.1 Å². The highest BCUT2D eigenvalue weighted by atomic mass is 32.2. The zero-order chi connectivity index (χ0) is 37.0. The molecule has 4 amide bonds. The summed E-state index contributed by atoms with van der Waals surface area (Å²) < 4.78 is 51.7. The van der Waals surface area contributed by atoms with Crippen LogP contribution < -0.4 is 26.0 Å². The van der Waals surface area contributed by atoms with E-state index in [4.69, 9.17) is 18.9 Å². The molecule has 0 spiro atoms. The standard InChI is InChI=1S/C35H51N5O10S/c1-35(2,16-8-17-37-33(43)38-20-31(42)36-3)23-40(51(45,46)26-13-11-25(47-4)12-14-26)21-29(41)28(19-24-9-6-5-7-10-24)39-34(44)50-30-22-49-32-27(30)15-18-48-32/h5-7,9-14,27-30,32,41H,8,15-23H2,1-4H3,(H,36,42)(H,39,44)(H2,37,38,43)/t27-,28-,29-,30-,32+/m0/s1. The molecule has 51 heavy (non-hydrogen) atoms. The van der Waals surface area contributed by atoms with Gasteiger partial charge in [-0.25, -0.2) is 18.0 Å². The smallest absolute Gasteiger partial charge is 0.407 e. The predicted molar refractivity (Wildman–Crippen MR) is 187 cm³/mol. The van der Waals surface area contributed by atoms with E-state index >= 15 is 0 Å². The summed E-state index contributed by atoms with van der Waals surface area (Å²) in [7, 11) is -1.19. The molecule has 0 aliphatic carbocycles. The van der Waals surface area contributed by atoms with Crippen molar-refractivity contribution >= 4 is 28.1 Å². The molecule has 2 aliphatic heterocycles. The third kappa shape index (κ3) is 11.8. The molecule has 4 rings (SSSR count). The molecule has 0 bridgehead atoms. The van der Waals surface area contributed by atoms with Gasteiger partial charge in [-0.3, -0.25) is 4.79 Å². The van der Waals surface area contributed by atoms with Crippen LogP contribution in [0.4, 0.5) is 9.59 Å². The molecule has 2 aliphatic rings. The minimum Gasteiger partial charge on any atom is -0.497 e. The number of fused-ring (bicyclic) bond motifs is 1. The van der Waals surface area contributed by atoms with E-state index in [0.29, 0.717) is 38.2 Å². The minimum atomic E-state index is -4.15. The summed E-state index contributed by atoms with van der Waals surface area (Å²) in [6.07, 6.45) is -1.05. The zero-order valence-electron chi connectivity index (χ0n) is 29.6. The summed E-state index contributed by atoms with van der Waals surface area (Å²) in [5.41, 5.74) is 0.218. The number of nitrogens with one attached hydrogen (secondary N) is 4. The van der Waals surface area contributed by atoms with E-state index in [0.717, 1.165) is 5.56 Å². The van der Waals surface area contributed by atoms with Gasteiger partial charge in [-0.05, 0) is 60.9 Å². The zero-order valence-corrected chi connectivity index (χ0v) is 30.4. The fraction of sp³-hybridized carbons (Fsp3) is 0.571. The van der Waals surface area contributed by atoms with E-state index in [2.05, 4.69) is 21.3 Å². The Morgan fingerprint density at radius 1 is 1.06 bits per heavy atom. The van der Waals surface area contributed by atoms with Gasteiger partial charge in [0.2, 0.25) is 15.9 Å². The fourth-order valence-corrected chi connectivity index (χ4v) is 7.79. The van der Waals surface area contributed by atoms with E-state index in [1.807, 2.05) is 44.2 Å². The van der Waals surface area contributed by atoms with Crippen LogP contribution in [0.3, 0.4) is 0 Å². The quantitative estimate of drug-likeness (QED) is 0.142. The van der Waals surface area contributed by atoms with Crippen molar-refractivity contribution in [2.75, 3.05) is 53.6 Å². The first-order chi connectivity index (χ1) is 24.3. The Morgan fingerprint density at radius 3 is 2.47 bits per heavy atom. The van der Waals surface area contributed by atoms with Gasteiger partial charge in [0.15, 0.2) is 6.29 Å². The van der Waals surface area contributed by atoms with Gasteiger partial charge in [0.1, 0.15) is 11.9 Å². The second-order valence-electron chi connectivity index (χ2n) is 13.5. The molecule has 2 aromatic rings. The Morgan fingerprint density at radius 2 is 1.78 bits per heavy atom. The number of amides is 4. The number of methoxy groups -OCH3 is 1. The Kier molecular flexibility index (Phi) is 14.4. The molecule has 0 aromatic heterocycles. The molecule has 0 saturated carbocycles. The van der Waals surface area contributed by atoms with Crippen molar-refractivity contribution in [3.63, 3.8) is 0 Å². The van der Waals surface area contributed by atoms with Crippen molar-refractivity contribution in [2.45, 2.75) is 69.0 Å². The van der Waals surface area contributed by atoms with Crippen molar-refractivity contribution in [1.29, 1.82) is 0 Å². The van der Waals surface area contributed by atoms with Crippen LogP contribution in [0.15, 0.2) is 59.5 Å². The number of hydrogen-bond donors (Lipinski definition) is 5. The lowest BCUT2D eigenvalue weighted by molar-refractivity contribution is -0.119. The number of likely N-dealkylation sites (N-methyl/N-ethyl adjacent to an activating group) is 1. The van der Waals surface area contributed by atoms with Crippen molar-refractivity contribution < 1.29 is 46.9 Å². The lowest BCUT2D eigenvalue weighted by Gasteiger charge is -2.35. The van der Waals surface area contributed by atoms with Crippen molar-refractivity contribution in [2.24, 2.45) is 11.3 Å². The van der Waals surface area contributed by atoms with E-state index in [-0.39, 0.29) is 49.4 Å². The predicted octanol–water partition coefficient (Wildman–Crippen LogP) is 2.00. The lowest BCUT2D eigenvalue weighted by Crippen LogP contribution is -2.52. The number of nitrogens with zero attached hydrogens (tertiary/aromatic N) is 1. The summed E-state index contributed by atoms with van der Waals surface area (Å²) in [4.78, 5) is 36.7. The molecule has 16 heteroatoms. The molecule has 15 nitrogen and oxygen atoms in total. The first-order valence-electron chi connectivity index (χ1n) is 17.1. The third-order valence-corrected chi connectivity index (χ3v) is 10.8. The number of benzene rings is 2. The van der Waals surface area contributed by atoms with Crippen molar-refractivity contribution in [1.82, 2.24) is 25.6 Å². The SMILES string of the molecule is CNC(=O)CNC(=O)NCCCC(C)(C)CN(C[C@H](O)[C@H](Cc1ccccc1)NC(=O)O[C@H]1CO[C@H]2OCC[C@H]21)S(=O)(=O)c1ccc(OC)cc1. The highest BCUT2D eigenvalue weighted by Crippen LogP contribution is 2.33.